The highest BCUT2D eigenvalue weighted by Gasteiger charge is 2.25. The standard InChI is InChI=1S/C11H14N4O3/c1-11(12,5-4-8(16)17)9-13-7-3-2-6-15(7)10(18)14-9/h2-3,6H,4-5,12H2,1H3,(H,16,17)(H,13,14,18). The maximum atomic E-state index is 11.7. The van der Waals surface area contributed by atoms with Crippen molar-refractivity contribution in [2.45, 2.75) is 25.3 Å². The van der Waals surface area contributed by atoms with Crippen LogP contribution in [0.15, 0.2) is 23.1 Å². The van der Waals surface area contributed by atoms with Gasteiger partial charge in [-0.15, -0.1) is 0 Å². The normalized spacial score (nSPS) is 14.6. The highest BCUT2D eigenvalue weighted by Crippen LogP contribution is 2.19. The van der Waals surface area contributed by atoms with Gasteiger partial charge in [0.25, 0.3) is 0 Å². The molecule has 7 heteroatoms. The Bertz CT molecular complexity index is 641. The Balaban J connectivity index is 2.40. The van der Waals surface area contributed by atoms with E-state index in [1.54, 1.807) is 25.3 Å². The second-order valence-electron chi connectivity index (χ2n) is 4.44. The number of carboxylic acid groups (broad SMARTS) is 1. The van der Waals surface area contributed by atoms with Crippen LogP contribution >= 0.6 is 0 Å². The predicted molar refractivity (Wildman–Crippen MR) is 64.2 cm³/mol. The number of nitrogens with zero attached hydrogens (tertiary/aromatic N) is 2. The molecule has 1 unspecified atom stereocenters. The molecule has 96 valence electrons. The Kier molecular flexibility index (Phi) is 2.92. The van der Waals surface area contributed by atoms with Gasteiger partial charge in [0.15, 0.2) is 0 Å². The molecule has 7 nitrogen and oxygen atoms in total. The molecule has 0 aliphatic heterocycles. The smallest absolute Gasteiger partial charge is 0.332 e. The van der Waals surface area contributed by atoms with Crippen LogP contribution in [-0.2, 0) is 10.3 Å². The molecule has 18 heavy (non-hydrogen) atoms. The minimum absolute atomic E-state index is 0.0805. The Morgan fingerprint density at radius 3 is 3.06 bits per heavy atom. The first-order chi connectivity index (χ1) is 8.40. The molecule has 0 aromatic carbocycles. The molecule has 0 aliphatic rings. The molecule has 0 aliphatic carbocycles. The Morgan fingerprint density at radius 1 is 1.67 bits per heavy atom. The molecule has 0 radical (unpaired) electrons. The summed E-state index contributed by atoms with van der Waals surface area (Å²) >= 11 is 0. The highest BCUT2D eigenvalue weighted by atomic mass is 16.4. The van der Waals surface area contributed by atoms with Gasteiger partial charge < -0.3 is 10.8 Å². The Labute approximate surface area is 102 Å². The molecule has 2 heterocycles. The number of aromatic amines is 1. The van der Waals surface area contributed by atoms with Crippen molar-refractivity contribution in [2.75, 3.05) is 0 Å². The zero-order valence-corrected chi connectivity index (χ0v) is 9.88. The van der Waals surface area contributed by atoms with E-state index in [9.17, 15) is 9.59 Å². The average Bonchev–Trinajstić information content (AvgIpc) is 2.75. The number of fused-ring (bicyclic) bond motifs is 1. The van der Waals surface area contributed by atoms with E-state index in [-0.39, 0.29) is 18.5 Å². The van der Waals surface area contributed by atoms with Crippen LogP contribution in [0.25, 0.3) is 5.65 Å². The van der Waals surface area contributed by atoms with E-state index in [2.05, 4.69) is 9.97 Å². The number of hydrogen-bond acceptors (Lipinski definition) is 4. The molecule has 0 saturated carbocycles. The lowest BCUT2D eigenvalue weighted by molar-refractivity contribution is -0.137. The Morgan fingerprint density at radius 2 is 2.39 bits per heavy atom. The minimum Gasteiger partial charge on any atom is -0.481 e. The predicted octanol–water partition coefficient (Wildman–Crippen LogP) is 0.0613. The first kappa shape index (κ1) is 12.3. The monoisotopic (exact) mass is 250 g/mol. The number of nitrogens with two attached hydrogens (primary N) is 1. The molecule has 0 spiro atoms. The van der Waals surface area contributed by atoms with Crippen LogP contribution in [0.5, 0.6) is 0 Å². The topological polar surface area (TPSA) is 113 Å². The average molecular weight is 250 g/mol. The van der Waals surface area contributed by atoms with Crippen molar-refractivity contribution in [3.8, 4) is 0 Å². The van der Waals surface area contributed by atoms with E-state index in [0.29, 0.717) is 11.5 Å². The third-order valence-electron chi connectivity index (χ3n) is 2.80. The summed E-state index contributed by atoms with van der Waals surface area (Å²) in [6.45, 7) is 1.65. The lowest BCUT2D eigenvalue weighted by atomic mass is 9.96. The fourth-order valence-corrected chi connectivity index (χ4v) is 1.69. The summed E-state index contributed by atoms with van der Waals surface area (Å²) < 4.78 is 1.36. The molecule has 4 N–H and O–H groups in total. The van der Waals surface area contributed by atoms with Crippen molar-refractivity contribution in [1.82, 2.24) is 14.4 Å². The van der Waals surface area contributed by atoms with Gasteiger partial charge >= 0.3 is 11.7 Å². The zero-order chi connectivity index (χ0) is 13.3. The van der Waals surface area contributed by atoms with E-state index >= 15 is 0 Å². The third kappa shape index (κ3) is 2.25. The summed E-state index contributed by atoms with van der Waals surface area (Å²) in [4.78, 5) is 29.1. The maximum Gasteiger partial charge on any atom is 0.332 e. The summed E-state index contributed by atoms with van der Waals surface area (Å²) in [6, 6.07) is 3.39. The van der Waals surface area contributed by atoms with E-state index in [1.165, 1.54) is 4.40 Å². The van der Waals surface area contributed by atoms with Gasteiger partial charge in [-0.1, -0.05) is 0 Å². The van der Waals surface area contributed by atoms with Crippen LogP contribution in [0.4, 0.5) is 0 Å². The van der Waals surface area contributed by atoms with Crippen LogP contribution in [0.3, 0.4) is 0 Å². The van der Waals surface area contributed by atoms with E-state index in [1.807, 2.05) is 0 Å². The SMILES string of the molecule is CC(N)(CCC(=O)O)c1nc2cccn2c(=O)[nH]1. The lowest BCUT2D eigenvalue weighted by Gasteiger charge is -2.22. The minimum atomic E-state index is -0.983. The molecule has 0 amide bonds. The van der Waals surface area contributed by atoms with Crippen molar-refractivity contribution in [3.05, 3.63) is 34.6 Å². The van der Waals surface area contributed by atoms with Crippen LogP contribution in [0.2, 0.25) is 0 Å². The van der Waals surface area contributed by atoms with Crippen LogP contribution in [0, 0.1) is 0 Å². The second kappa shape index (κ2) is 4.26. The molecule has 2 aromatic rings. The number of carbonyl (C=O) groups is 1. The molecular weight excluding hydrogens is 236 g/mol. The van der Waals surface area contributed by atoms with E-state index in [4.69, 9.17) is 10.8 Å². The highest BCUT2D eigenvalue weighted by molar-refractivity contribution is 5.66. The van der Waals surface area contributed by atoms with Crippen molar-refractivity contribution in [2.24, 2.45) is 5.73 Å². The number of nitrogens with one attached hydrogen (secondary N) is 1. The largest absolute Gasteiger partial charge is 0.481 e. The molecule has 0 saturated heterocycles. The van der Waals surface area contributed by atoms with Gasteiger partial charge in [0.2, 0.25) is 0 Å². The van der Waals surface area contributed by atoms with Crippen LogP contribution in [-0.4, -0.2) is 25.4 Å². The number of carboxylic acids is 1. The van der Waals surface area contributed by atoms with Gasteiger partial charge in [0, 0.05) is 12.6 Å². The first-order valence-electron chi connectivity index (χ1n) is 5.49. The van der Waals surface area contributed by atoms with Gasteiger partial charge in [0.05, 0.1) is 5.54 Å². The number of hydrogen-bond donors (Lipinski definition) is 3. The number of rotatable bonds is 4. The molecular formula is C11H14N4O3. The molecule has 2 aromatic heterocycles. The van der Waals surface area contributed by atoms with Crippen molar-refractivity contribution in [3.63, 3.8) is 0 Å². The number of aromatic nitrogens is 3. The van der Waals surface area contributed by atoms with Crippen molar-refractivity contribution >= 4 is 11.6 Å². The third-order valence-corrected chi connectivity index (χ3v) is 2.80. The molecule has 0 bridgehead atoms. The van der Waals surface area contributed by atoms with E-state index in [0.717, 1.165) is 0 Å². The molecule has 2 rings (SSSR count). The first-order valence-corrected chi connectivity index (χ1v) is 5.49. The second-order valence-corrected chi connectivity index (χ2v) is 4.44. The number of aliphatic carboxylic acids is 1. The lowest BCUT2D eigenvalue weighted by Crippen LogP contribution is -2.38. The van der Waals surface area contributed by atoms with Crippen LogP contribution in [0.1, 0.15) is 25.6 Å². The Hall–Kier alpha value is -2.15. The fourth-order valence-electron chi connectivity index (χ4n) is 1.69. The van der Waals surface area contributed by atoms with Gasteiger partial charge in [-0.05, 0) is 25.5 Å². The molecule has 0 fully saturated rings. The van der Waals surface area contributed by atoms with Crippen molar-refractivity contribution in [1.29, 1.82) is 0 Å². The van der Waals surface area contributed by atoms with Gasteiger partial charge in [-0.3, -0.25) is 14.2 Å². The number of H-pyrrole nitrogens is 1. The fraction of sp³-hybridized carbons (Fsp3) is 0.364. The summed E-state index contributed by atoms with van der Waals surface area (Å²) in [5.41, 5.74) is 5.17. The van der Waals surface area contributed by atoms with Crippen LogP contribution < -0.4 is 11.4 Å². The van der Waals surface area contributed by atoms with Gasteiger partial charge in [-0.2, -0.15) is 0 Å². The van der Waals surface area contributed by atoms with E-state index < -0.39 is 11.5 Å². The zero-order valence-electron chi connectivity index (χ0n) is 9.88. The van der Waals surface area contributed by atoms with Gasteiger partial charge in [0.1, 0.15) is 11.5 Å². The maximum absolute atomic E-state index is 11.7. The summed E-state index contributed by atoms with van der Waals surface area (Å²) in [5.74, 6) is -0.641. The summed E-state index contributed by atoms with van der Waals surface area (Å²) in [7, 11) is 0. The summed E-state index contributed by atoms with van der Waals surface area (Å²) in [6.07, 6.45) is 1.71. The molecule has 1 atom stereocenters. The van der Waals surface area contributed by atoms with Crippen molar-refractivity contribution < 1.29 is 9.90 Å². The van der Waals surface area contributed by atoms with Gasteiger partial charge in [-0.25, -0.2) is 9.78 Å². The quantitative estimate of drug-likeness (QED) is 0.710. The summed E-state index contributed by atoms with van der Waals surface area (Å²) in [5, 5.41) is 8.66.